The molecular formula is C13H20ClNO. The van der Waals surface area contributed by atoms with E-state index in [4.69, 9.17) is 16.3 Å². The van der Waals surface area contributed by atoms with Crippen LogP contribution in [-0.2, 0) is 0 Å². The van der Waals surface area contributed by atoms with Gasteiger partial charge in [0, 0.05) is 11.6 Å². The Balaban J connectivity index is 2.65. The molecule has 0 amide bonds. The molecule has 1 aromatic carbocycles. The number of halogens is 1. The molecule has 90 valence electrons. The van der Waals surface area contributed by atoms with Gasteiger partial charge in [-0.25, -0.2) is 0 Å². The van der Waals surface area contributed by atoms with Gasteiger partial charge in [0.05, 0.1) is 12.3 Å². The van der Waals surface area contributed by atoms with Gasteiger partial charge in [-0.1, -0.05) is 31.9 Å². The molecule has 1 rings (SSSR count). The highest BCUT2D eigenvalue weighted by Crippen LogP contribution is 2.28. The predicted octanol–water partition coefficient (Wildman–Crippen LogP) is 4.34. The van der Waals surface area contributed by atoms with Crippen molar-refractivity contribution < 1.29 is 4.74 Å². The lowest BCUT2D eigenvalue weighted by molar-refractivity contribution is 0.319. The second kappa shape index (κ2) is 7.39. The van der Waals surface area contributed by atoms with Crippen LogP contribution in [0.25, 0.3) is 0 Å². The molecule has 0 unspecified atom stereocenters. The maximum Gasteiger partial charge on any atom is 0.142 e. The van der Waals surface area contributed by atoms with E-state index < -0.39 is 0 Å². The molecule has 1 aromatic rings. The number of rotatable bonds is 7. The van der Waals surface area contributed by atoms with E-state index in [1.807, 2.05) is 18.2 Å². The van der Waals surface area contributed by atoms with Gasteiger partial charge in [0.25, 0.3) is 0 Å². The second-order valence-electron chi connectivity index (χ2n) is 3.77. The molecule has 2 nitrogen and oxygen atoms in total. The number of unbranched alkanes of at least 4 members (excludes halogenated alkanes) is 1. The molecule has 0 radical (unpaired) electrons. The van der Waals surface area contributed by atoms with Crippen molar-refractivity contribution in [2.24, 2.45) is 0 Å². The molecule has 0 aliphatic heterocycles. The molecular weight excluding hydrogens is 222 g/mol. The van der Waals surface area contributed by atoms with Gasteiger partial charge >= 0.3 is 0 Å². The average molecular weight is 242 g/mol. The molecule has 0 aliphatic rings. The largest absolute Gasteiger partial charge is 0.491 e. The average Bonchev–Trinajstić information content (AvgIpc) is 2.28. The summed E-state index contributed by atoms with van der Waals surface area (Å²) in [7, 11) is 0. The zero-order chi connectivity index (χ0) is 11.8. The third-order valence-electron chi connectivity index (χ3n) is 2.25. The van der Waals surface area contributed by atoms with E-state index in [1.54, 1.807) is 0 Å². The Morgan fingerprint density at radius 1 is 1.25 bits per heavy atom. The van der Waals surface area contributed by atoms with E-state index >= 15 is 0 Å². The Hall–Kier alpha value is -0.890. The highest BCUT2D eigenvalue weighted by Gasteiger charge is 2.03. The van der Waals surface area contributed by atoms with E-state index in [0.29, 0.717) is 0 Å². The Bertz CT molecular complexity index is 315. The highest BCUT2D eigenvalue weighted by molar-refractivity contribution is 6.30. The topological polar surface area (TPSA) is 21.3 Å². The van der Waals surface area contributed by atoms with Gasteiger partial charge in [-0.2, -0.15) is 0 Å². The van der Waals surface area contributed by atoms with Crippen LogP contribution < -0.4 is 10.1 Å². The van der Waals surface area contributed by atoms with Crippen molar-refractivity contribution in [3.05, 3.63) is 23.2 Å². The van der Waals surface area contributed by atoms with E-state index in [0.717, 1.165) is 42.5 Å². The molecule has 0 saturated carbocycles. The predicted molar refractivity (Wildman–Crippen MR) is 70.6 cm³/mol. The smallest absolute Gasteiger partial charge is 0.142 e. The molecule has 16 heavy (non-hydrogen) atoms. The van der Waals surface area contributed by atoms with E-state index in [9.17, 15) is 0 Å². The van der Waals surface area contributed by atoms with Gasteiger partial charge in [-0.05, 0) is 31.0 Å². The van der Waals surface area contributed by atoms with Crippen molar-refractivity contribution in [1.29, 1.82) is 0 Å². The van der Waals surface area contributed by atoms with Crippen LogP contribution in [0, 0.1) is 0 Å². The van der Waals surface area contributed by atoms with Gasteiger partial charge < -0.3 is 10.1 Å². The van der Waals surface area contributed by atoms with Crippen LogP contribution in [0.4, 0.5) is 5.69 Å². The molecule has 0 atom stereocenters. The molecule has 0 fully saturated rings. The van der Waals surface area contributed by atoms with Crippen molar-refractivity contribution in [3.8, 4) is 5.75 Å². The quantitative estimate of drug-likeness (QED) is 0.717. The van der Waals surface area contributed by atoms with Crippen molar-refractivity contribution in [2.75, 3.05) is 18.5 Å². The third kappa shape index (κ3) is 4.31. The van der Waals surface area contributed by atoms with Crippen molar-refractivity contribution in [1.82, 2.24) is 0 Å². The summed E-state index contributed by atoms with van der Waals surface area (Å²) in [4.78, 5) is 0. The Morgan fingerprint density at radius 3 is 2.75 bits per heavy atom. The van der Waals surface area contributed by atoms with Crippen molar-refractivity contribution in [2.45, 2.75) is 33.1 Å². The lowest BCUT2D eigenvalue weighted by Gasteiger charge is -2.13. The third-order valence-corrected chi connectivity index (χ3v) is 2.48. The minimum atomic E-state index is 0.739. The Labute approximate surface area is 103 Å². The Morgan fingerprint density at radius 2 is 2.06 bits per heavy atom. The van der Waals surface area contributed by atoms with E-state index in [2.05, 4.69) is 19.2 Å². The lowest BCUT2D eigenvalue weighted by atomic mass is 10.2. The molecule has 3 heteroatoms. The maximum atomic E-state index is 5.97. The summed E-state index contributed by atoms with van der Waals surface area (Å²) in [5.41, 5.74) is 0.995. The highest BCUT2D eigenvalue weighted by atomic mass is 35.5. The van der Waals surface area contributed by atoms with Crippen molar-refractivity contribution in [3.63, 3.8) is 0 Å². The molecule has 0 spiro atoms. The normalized spacial score (nSPS) is 10.2. The summed E-state index contributed by atoms with van der Waals surface area (Å²) >= 11 is 5.97. The lowest BCUT2D eigenvalue weighted by Crippen LogP contribution is -2.04. The number of benzene rings is 1. The number of hydrogen-bond donors (Lipinski definition) is 1. The summed E-state index contributed by atoms with van der Waals surface area (Å²) in [6.45, 7) is 5.97. The van der Waals surface area contributed by atoms with Gasteiger partial charge in [0.1, 0.15) is 5.75 Å². The number of ether oxygens (including phenoxy) is 1. The van der Waals surface area contributed by atoms with Crippen LogP contribution in [-0.4, -0.2) is 13.2 Å². The minimum absolute atomic E-state index is 0.739. The first-order valence-corrected chi connectivity index (χ1v) is 6.32. The fourth-order valence-corrected chi connectivity index (χ4v) is 1.55. The van der Waals surface area contributed by atoms with E-state index in [-0.39, 0.29) is 0 Å². The van der Waals surface area contributed by atoms with Crippen LogP contribution in [0.15, 0.2) is 18.2 Å². The summed E-state index contributed by atoms with van der Waals surface area (Å²) in [5, 5.41) is 4.09. The molecule has 0 aromatic heterocycles. The number of nitrogens with one attached hydrogen (secondary N) is 1. The summed E-state index contributed by atoms with van der Waals surface area (Å²) < 4.78 is 5.65. The maximum absolute atomic E-state index is 5.97. The zero-order valence-electron chi connectivity index (χ0n) is 10.1. The SMILES string of the molecule is CCCCNc1cc(Cl)ccc1OCCC. The first-order valence-electron chi connectivity index (χ1n) is 5.94. The van der Waals surface area contributed by atoms with Crippen LogP contribution in [0.2, 0.25) is 5.02 Å². The van der Waals surface area contributed by atoms with Crippen LogP contribution in [0.1, 0.15) is 33.1 Å². The van der Waals surface area contributed by atoms with Gasteiger partial charge in [-0.15, -0.1) is 0 Å². The van der Waals surface area contributed by atoms with Gasteiger partial charge in [0.15, 0.2) is 0 Å². The van der Waals surface area contributed by atoms with Crippen LogP contribution in [0.3, 0.4) is 0 Å². The van der Waals surface area contributed by atoms with Crippen molar-refractivity contribution >= 4 is 17.3 Å². The second-order valence-corrected chi connectivity index (χ2v) is 4.21. The molecule has 0 aliphatic carbocycles. The minimum Gasteiger partial charge on any atom is -0.491 e. The zero-order valence-corrected chi connectivity index (χ0v) is 10.8. The van der Waals surface area contributed by atoms with Gasteiger partial charge in [-0.3, -0.25) is 0 Å². The van der Waals surface area contributed by atoms with Crippen LogP contribution >= 0.6 is 11.6 Å². The summed E-state index contributed by atoms with van der Waals surface area (Å²) in [5.74, 6) is 0.891. The first kappa shape index (κ1) is 13.2. The van der Waals surface area contributed by atoms with Crippen LogP contribution in [0.5, 0.6) is 5.75 Å². The first-order chi connectivity index (χ1) is 7.77. The fourth-order valence-electron chi connectivity index (χ4n) is 1.38. The van der Waals surface area contributed by atoms with E-state index in [1.165, 1.54) is 6.42 Å². The summed E-state index contributed by atoms with van der Waals surface area (Å²) in [6, 6.07) is 5.70. The monoisotopic (exact) mass is 241 g/mol. The number of anilines is 1. The molecule has 0 bridgehead atoms. The number of hydrogen-bond acceptors (Lipinski definition) is 2. The molecule has 0 heterocycles. The fraction of sp³-hybridized carbons (Fsp3) is 0.538. The summed E-state index contributed by atoms with van der Waals surface area (Å²) in [6.07, 6.45) is 3.34. The molecule has 0 saturated heterocycles. The standard InChI is InChI=1S/C13H20ClNO/c1-3-5-8-15-12-10-11(14)6-7-13(12)16-9-4-2/h6-7,10,15H,3-5,8-9H2,1-2H3. The van der Waals surface area contributed by atoms with Gasteiger partial charge in [0.2, 0.25) is 0 Å². The Kier molecular flexibility index (Phi) is 6.09. The molecule has 1 N–H and O–H groups in total.